The number of rotatable bonds is 18. The predicted octanol–water partition coefficient (Wildman–Crippen LogP) is 8.69. The van der Waals surface area contributed by atoms with E-state index in [1.807, 2.05) is 0 Å². The third kappa shape index (κ3) is 15.7. The average molecular weight is 383 g/mol. The summed E-state index contributed by atoms with van der Waals surface area (Å²) in [6.07, 6.45) is 34.4. The van der Waals surface area contributed by atoms with Crippen molar-refractivity contribution in [3.05, 3.63) is 0 Å². The van der Waals surface area contributed by atoms with Crippen LogP contribution in [-0.2, 0) is 0 Å². The van der Waals surface area contributed by atoms with Crippen LogP contribution in [0.25, 0.3) is 0 Å². The summed E-state index contributed by atoms with van der Waals surface area (Å²) < 4.78 is 0. The fraction of sp³-hybridized carbons (Fsp3) is 0.786. The number of hydrogen-bond donors (Lipinski definition) is 0. The smallest absolute Gasteiger partial charge is 0.0421 e. The van der Waals surface area contributed by atoms with Crippen molar-refractivity contribution in [3.63, 3.8) is 0 Å². The Bertz CT molecular complexity index is 475. The van der Waals surface area contributed by atoms with Crippen LogP contribution in [0.3, 0.4) is 0 Å². The van der Waals surface area contributed by atoms with Gasteiger partial charge < -0.3 is 0 Å². The number of terminal acetylenes is 2. The molecule has 0 aliphatic carbocycles. The van der Waals surface area contributed by atoms with Gasteiger partial charge in [-0.25, -0.2) is 0 Å². The van der Waals surface area contributed by atoms with Crippen molar-refractivity contribution in [2.24, 2.45) is 5.41 Å². The van der Waals surface area contributed by atoms with E-state index in [9.17, 15) is 0 Å². The second-order valence-electron chi connectivity index (χ2n) is 8.40. The lowest BCUT2D eigenvalue weighted by Crippen LogP contribution is -2.18. The lowest BCUT2D eigenvalue weighted by Gasteiger charge is -2.27. The summed E-state index contributed by atoms with van der Waals surface area (Å²) in [6, 6.07) is 0. The zero-order chi connectivity index (χ0) is 20.8. The molecule has 0 saturated heterocycles. The zero-order valence-electron chi connectivity index (χ0n) is 19.1. The van der Waals surface area contributed by atoms with Crippen LogP contribution in [0.1, 0.15) is 136 Å². The van der Waals surface area contributed by atoms with E-state index in [-0.39, 0.29) is 5.41 Å². The molecule has 0 heterocycles. The summed E-state index contributed by atoms with van der Waals surface area (Å²) in [7, 11) is 0. The molecule has 0 nitrogen and oxygen atoms in total. The van der Waals surface area contributed by atoms with Gasteiger partial charge in [-0.2, -0.15) is 0 Å². The monoisotopic (exact) mass is 382 g/mol. The van der Waals surface area contributed by atoms with E-state index in [0.29, 0.717) is 0 Å². The molecule has 0 aromatic carbocycles. The summed E-state index contributed by atoms with van der Waals surface area (Å²) in [6.45, 7) is 4.52. The molecule has 0 aliphatic heterocycles. The molecule has 28 heavy (non-hydrogen) atoms. The van der Waals surface area contributed by atoms with Crippen LogP contribution < -0.4 is 0 Å². The minimum atomic E-state index is 0.00144. The molecule has 0 spiro atoms. The Kier molecular flexibility index (Phi) is 19.5. The highest BCUT2D eigenvalue weighted by Crippen LogP contribution is 2.34. The quantitative estimate of drug-likeness (QED) is 0.164. The van der Waals surface area contributed by atoms with Crippen molar-refractivity contribution in [2.75, 3.05) is 0 Å². The molecular weight excluding hydrogens is 336 g/mol. The largest absolute Gasteiger partial charge is 0.120 e. The first-order chi connectivity index (χ1) is 13.7. The Balaban J connectivity index is 4.42. The van der Waals surface area contributed by atoms with E-state index in [1.54, 1.807) is 0 Å². The number of unbranched alkanes of at least 4 members (excludes halogenated alkanes) is 13. The molecule has 0 amide bonds. The van der Waals surface area contributed by atoms with Crippen LogP contribution >= 0.6 is 0 Å². The standard InChI is InChI=1S/C28H46/c1-5-9-12-15-17-20-23-26-28(8-4,25-22-19-14-11-7-3)27-24-21-18-16-13-10-6-2/h1,4H,6-7,9-20,22-23,25-27H2,2-3H3. The van der Waals surface area contributed by atoms with Crippen molar-refractivity contribution in [1.29, 1.82) is 0 Å². The van der Waals surface area contributed by atoms with E-state index < -0.39 is 0 Å². The summed E-state index contributed by atoms with van der Waals surface area (Å²) in [5, 5.41) is 0. The van der Waals surface area contributed by atoms with Crippen molar-refractivity contribution < 1.29 is 0 Å². The molecule has 0 radical (unpaired) electrons. The fourth-order valence-corrected chi connectivity index (χ4v) is 3.75. The van der Waals surface area contributed by atoms with Crippen molar-refractivity contribution >= 4 is 0 Å². The van der Waals surface area contributed by atoms with E-state index in [2.05, 4.69) is 37.5 Å². The Morgan fingerprint density at radius 1 is 0.571 bits per heavy atom. The Hall–Kier alpha value is -1.32. The third-order valence-electron chi connectivity index (χ3n) is 5.75. The molecule has 1 unspecified atom stereocenters. The van der Waals surface area contributed by atoms with Gasteiger partial charge in [-0.05, 0) is 25.7 Å². The number of hydrogen-bond acceptors (Lipinski definition) is 0. The van der Waals surface area contributed by atoms with Crippen molar-refractivity contribution in [1.82, 2.24) is 0 Å². The summed E-state index contributed by atoms with van der Waals surface area (Å²) in [5.74, 6) is 12.8. The Labute approximate surface area is 178 Å². The van der Waals surface area contributed by atoms with Crippen LogP contribution in [0.15, 0.2) is 0 Å². The molecule has 0 bridgehead atoms. The Morgan fingerprint density at radius 3 is 1.64 bits per heavy atom. The maximum absolute atomic E-state index is 6.07. The van der Waals surface area contributed by atoms with E-state index in [4.69, 9.17) is 12.8 Å². The van der Waals surface area contributed by atoms with E-state index >= 15 is 0 Å². The minimum Gasteiger partial charge on any atom is -0.120 e. The molecule has 158 valence electrons. The minimum absolute atomic E-state index is 0.00144. The van der Waals surface area contributed by atoms with Gasteiger partial charge in [0.25, 0.3) is 0 Å². The van der Waals surface area contributed by atoms with Crippen molar-refractivity contribution in [3.8, 4) is 36.5 Å². The molecule has 0 fully saturated rings. The summed E-state index contributed by atoms with van der Waals surface area (Å²) >= 11 is 0. The van der Waals surface area contributed by atoms with Gasteiger partial charge >= 0.3 is 0 Å². The lowest BCUT2D eigenvalue weighted by molar-refractivity contribution is 0.318. The van der Waals surface area contributed by atoms with Gasteiger partial charge in [0, 0.05) is 24.7 Å². The molecule has 0 N–H and O–H groups in total. The third-order valence-corrected chi connectivity index (χ3v) is 5.75. The predicted molar refractivity (Wildman–Crippen MR) is 127 cm³/mol. The van der Waals surface area contributed by atoms with E-state index in [0.717, 1.165) is 38.5 Å². The Morgan fingerprint density at radius 2 is 1.07 bits per heavy atom. The average Bonchev–Trinajstić information content (AvgIpc) is 2.71. The molecule has 0 aliphatic rings. The maximum atomic E-state index is 6.07. The van der Waals surface area contributed by atoms with Crippen LogP contribution in [0.2, 0.25) is 0 Å². The first kappa shape index (κ1) is 26.7. The molecule has 1 atom stereocenters. The molecular formula is C28H46. The normalized spacial score (nSPS) is 12.4. The second-order valence-corrected chi connectivity index (χ2v) is 8.40. The molecule has 0 rings (SSSR count). The van der Waals surface area contributed by atoms with Crippen molar-refractivity contribution in [2.45, 2.75) is 136 Å². The zero-order valence-corrected chi connectivity index (χ0v) is 19.1. The fourth-order valence-electron chi connectivity index (χ4n) is 3.75. The topological polar surface area (TPSA) is 0 Å². The van der Waals surface area contributed by atoms with Crippen LogP contribution in [0, 0.1) is 41.9 Å². The van der Waals surface area contributed by atoms with Gasteiger partial charge in [-0.3, -0.25) is 0 Å². The SMILES string of the molecule is C#CCCCCCCCC(C#C)(CC#CCCCCCC)CCCCCCC. The van der Waals surface area contributed by atoms with E-state index in [1.165, 1.54) is 83.5 Å². The maximum Gasteiger partial charge on any atom is 0.0421 e. The van der Waals surface area contributed by atoms with Gasteiger partial charge in [0.05, 0.1) is 0 Å². The van der Waals surface area contributed by atoms with Gasteiger partial charge in [0.1, 0.15) is 0 Å². The van der Waals surface area contributed by atoms with Crippen LogP contribution in [0.4, 0.5) is 0 Å². The lowest BCUT2D eigenvalue weighted by atomic mass is 9.76. The first-order valence-electron chi connectivity index (χ1n) is 12.1. The second kappa shape index (κ2) is 20.4. The summed E-state index contributed by atoms with van der Waals surface area (Å²) in [5.41, 5.74) is 0.00144. The highest BCUT2D eigenvalue weighted by atomic mass is 14.3. The highest BCUT2D eigenvalue weighted by molar-refractivity contribution is 5.13. The van der Waals surface area contributed by atoms with Gasteiger partial charge in [-0.1, -0.05) is 96.8 Å². The molecule has 0 saturated carbocycles. The first-order valence-corrected chi connectivity index (χ1v) is 12.1. The van der Waals surface area contributed by atoms with Crippen LogP contribution in [-0.4, -0.2) is 0 Å². The molecule has 0 heteroatoms. The summed E-state index contributed by atoms with van der Waals surface area (Å²) in [4.78, 5) is 0. The molecule has 0 aromatic heterocycles. The molecule has 0 aromatic rings. The highest BCUT2D eigenvalue weighted by Gasteiger charge is 2.25. The van der Waals surface area contributed by atoms with Gasteiger partial charge in [-0.15, -0.1) is 30.6 Å². The van der Waals surface area contributed by atoms with Crippen LogP contribution in [0.5, 0.6) is 0 Å². The van der Waals surface area contributed by atoms with Gasteiger partial charge in [0.15, 0.2) is 0 Å². The van der Waals surface area contributed by atoms with Gasteiger partial charge in [0.2, 0.25) is 0 Å².